The molecule has 2 aromatic heterocycles. The molecule has 4 nitrogen and oxygen atoms in total. The van der Waals surface area contributed by atoms with Gasteiger partial charge in [0.1, 0.15) is 0 Å². The second-order valence-electron chi connectivity index (χ2n) is 4.16. The number of nitrogens with two attached hydrogens (primary N) is 1. The standard InChI is InChI=1S/C12H14N4/c13-10-7-15-11-4-2-1-3-9(11)12(10)16-6-5-14-8-16/h5-8H,1-4,13H2. The average Bonchev–Trinajstić information content (AvgIpc) is 2.82. The molecule has 2 heterocycles. The van der Waals surface area contributed by atoms with Crippen LogP contribution in [0.3, 0.4) is 0 Å². The molecule has 0 bridgehead atoms. The van der Waals surface area contributed by atoms with E-state index in [0.717, 1.165) is 24.2 Å². The third-order valence-electron chi connectivity index (χ3n) is 3.12. The summed E-state index contributed by atoms with van der Waals surface area (Å²) in [6, 6.07) is 0. The van der Waals surface area contributed by atoms with Gasteiger partial charge in [0.05, 0.1) is 23.9 Å². The van der Waals surface area contributed by atoms with E-state index in [-0.39, 0.29) is 0 Å². The van der Waals surface area contributed by atoms with E-state index in [1.165, 1.54) is 24.1 Å². The van der Waals surface area contributed by atoms with Gasteiger partial charge in [0.15, 0.2) is 0 Å². The van der Waals surface area contributed by atoms with Crippen LogP contribution < -0.4 is 5.73 Å². The van der Waals surface area contributed by atoms with Gasteiger partial charge in [0.25, 0.3) is 0 Å². The molecular formula is C12H14N4. The van der Waals surface area contributed by atoms with Crippen LogP contribution in [0.1, 0.15) is 24.1 Å². The van der Waals surface area contributed by atoms with Crippen molar-refractivity contribution in [2.24, 2.45) is 0 Å². The molecule has 1 aliphatic carbocycles. The van der Waals surface area contributed by atoms with E-state index in [1.807, 2.05) is 10.8 Å². The second kappa shape index (κ2) is 3.63. The molecule has 2 aromatic rings. The Morgan fingerprint density at radius 3 is 2.94 bits per heavy atom. The predicted molar refractivity (Wildman–Crippen MR) is 62.4 cm³/mol. The van der Waals surface area contributed by atoms with Gasteiger partial charge in [-0.3, -0.25) is 4.98 Å². The van der Waals surface area contributed by atoms with Crippen LogP contribution in [0.15, 0.2) is 24.9 Å². The van der Waals surface area contributed by atoms with Gasteiger partial charge in [-0.25, -0.2) is 4.98 Å². The number of aromatic nitrogens is 3. The van der Waals surface area contributed by atoms with Crippen LogP contribution in [0.2, 0.25) is 0 Å². The number of imidazole rings is 1. The monoisotopic (exact) mass is 214 g/mol. The van der Waals surface area contributed by atoms with E-state index in [2.05, 4.69) is 9.97 Å². The minimum absolute atomic E-state index is 0.735. The van der Waals surface area contributed by atoms with Crippen molar-refractivity contribution in [3.63, 3.8) is 0 Å². The Kier molecular flexibility index (Phi) is 2.13. The molecule has 0 saturated carbocycles. The highest BCUT2D eigenvalue weighted by atomic mass is 15.0. The van der Waals surface area contributed by atoms with Crippen LogP contribution in [-0.2, 0) is 12.8 Å². The average molecular weight is 214 g/mol. The van der Waals surface area contributed by atoms with Gasteiger partial charge in [0, 0.05) is 18.1 Å². The maximum absolute atomic E-state index is 6.02. The molecule has 0 spiro atoms. The van der Waals surface area contributed by atoms with Gasteiger partial charge in [-0.2, -0.15) is 0 Å². The van der Waals surface area contributed by atoms with Crippen molar-refractivity contribution >= 4 is 5.69 Å². The maximum Gasteiger partial charge on any atom is 0.0992 e. The summed E-state index contributed by atoms with van der Waals surface area (Å²) >= 11 is 0. The summed E-state index contributed by atoms with van der Waals surface area (Å²) in [5, 5.41) is 0. The summed E-state index contributed by atoms with van der Waals surface area (Å²) < 4.78 is 1.99. The zero-order chi connectivity index (χ0) is 11.0. The fourth-order valence-electron chi connectivity index (χ4n) is 2.37. The van der Waals surface area contributed by atoms with Crippen molar-refractivity contribution in [2.45, 2.75) is 25.7 Å². The quantitative estimate of drug-likeness (QED) is 0.786. The van der Waals surface area contributed by atoms with Crippen LogP contribution >= 0.6 is 0 Å². The maximum atomic E-state index is 6.02. The summed E-state index contributed by atoms with van der Waals surface area (Å²) in [7, 11) is 0. The van der Waals surface area contributed by atoms with Gasteiger partial charge in [-0.1, -0.05) is 0 Å². The van der Waals surface area contributed by atoms with E-state index in [0.29, 0.717) is 0 Å². The highest BCUT2D eigenvalue weighted by Crippen LogP contribution is 2.29. The van der Waals surface area contributed by atoms with E-state index in [1.54, 1.807) is 18.7 Å². The first kappa shape index (κ1) is 9.39. The SMILES string of the molecule is Nc1cnc2c(c1-n1ccnc1)CCCC2. The number of fused-ring (bicyclic) bond motifs is 1. The van der Waals surface area contributed by atoms with E-state index >= 15 is 0 Å². The third-order valence-corrected chi connectivity index (χ3v) is 3.12. The number of nitrogen functional groups attached to an aromatic ring is 1. The Labute approximate surface area is 94.1 Å². The summed E-state index contributed by atoms with van der Waals surface area (Å²) in [6.45, 7) is 0. The molecule has 3 rings (SSSR count). The summed E-state index contributed by atoms with van der Waals surface area (Å²) in [5.74, 6) is 0. The number of aryl methyl sites for hydroxylation is 1. The van der Waals surface area contributed by atoms with Crippen LogP contribution in [0, 0.1) is 0 Å². The van der Waals surface area contributed by atoms with Gasteiger partial charge >= 0.3 is 0 Å². The van der Waals surface area contributed by atoms with E-state index < -0.39 is 0 Å². The van der Waals surface area contributed by atoms with Crippen molar-refractivity contribution in [3.8, 4) is 5.69 Å². The predicted octanol–water partition coefficient (Wildman–Crippen LogP) is 1.73. The lowest BCUT2D eigenvalue weighted by atomic mass is 9.94. The largest absolute Gasteiger partial charge is 0.396 e. The number of hydrogen-bond donors (Lipinski definition) is 1. The van der Waals surface area contributed by atoms with Gasteiger partial charge in [-0.05, 0) is 31.2 Å². The van der Waals surface area contributed by atoms with E-state index in [9.17, 15) is 0 Å². The summed E-state index contributed by atoms with van der Waals surface area (Å²) in [4.78, 5) is 8.51. The molecule has 0 unspecified atom stereocenters. The number of hydrogen-bond acceptors (Lipinski definition) is 3. The molecule has 0 radical (unpaired) electrons. The first-order valence-electron chi connectivity index (χ1n) is 5.61. The molecule has 0 amide bonds. The highest BCUT2D eigenvalue weighted by molar-refractivity contribution is 5.62. The lowest BCUT2D eigenvalue weighted by Gasteiger charge is -2.20. The van der Waals surface area contributed by atoms with Gasteiger partial charge < -0.3 is 10.3 Å². The Morgan fingerprint density at radius 1 is 1.25 bits per heavy atom. The number of pyridine rings is 1. The normalized spacial score (nSPS) is 14.8. The molecule has 0 aliphatic heterocycles. The number of nitrogens with zero attached hydrogens (tertiary/aromatic N) is 3. The molecule has 0 saturated heterocycles. The van der Waals surface area contributed by atoms with Crippen LogP contribution in [0.4, 0.5) is 5.69 Å². The first-order valence-corrected chi connectivity index (χ1v) is 5.61. The minimum atomic E-state index is 0.735. The molecule has 16 heavy (non-hydrogen) atoms. The van der Waals surface area contributed by atoms with Crippen LogP contribution in [0.5, 0.6) is 0 Å². The molecule has 4 heteroatoms. The third kappa shape index (κ3) is 1.38. The first-order chi connectivity index (χ1) is 7.86. The zero-order valence-electron chi connectivity index (χ0n) is 9.06. The van der Waals surface area contributed by atoms with Crippen molar-refractivity contribution in [3.05, 3.63) is 36.2 Å². The fourth-order valence-corrected chi connectivity index (χ4v) is 2.37. The lowest BCUT2D eigenvalue weighted by molar-refractivity contribution is 0.664. The number of anilines is 1. The Balaban J connectivity index is 2.22. The fraction of sp³-hybridized carbons (Fsp3) is 0.333. The second-order valence-corrected chi connectivity index (χ2v) is 4.16. The Morgan fingerprint density at radius 2 is 2.12 bits per heavy atom. The topological polar surface area (TPSA) is 56.7 Å². The Hall–Kier alpha value is -1.84. The van der Waals surface area contributed by atoms with Gasteiger partial charge in [-0.15, -0.1) is 0 Å². The van der Waals surface area contributed by atoms with Crippen LogP contribution in [-0.4, -0.2) is 14.5 Å². The molecule has 2 N–H and O–H groups in total. The van der Waals surface area contributed by atoms with Crippen molar-refractivity contribution in [1.29, 1.82) is 0 Å². The lowest BCUT2D eigenvalue weighted by Crippen LogP contribution is -2.12. The molecular weight excluding hydrogens is 200 g/mol. The minimum Gasteiger partial charge on any atom is -0.396 e. The highest BCUT2D eigenvalue weighted by Gasteiger charge is 2.17. The summed E-state index contributed by atoms with van der Waals surface area (Å²) in [6.07, 6.45) is 11.8. The Bertz CT molecular complexity index is 502. The zero-order valence-corrected chi connectivity index (χ0v) is 9.06. The summed E-state index contributed by atoms with van der Waals surface area (Å²) in [5.41, 5.74) is 10.3. The molecule has 0 fully saturated rings. The molecule has 0 atom stereocenters. The van der Waals surface area contributed by atoms with Crippen LogP contribution in [0.25, 0.3) is 5.69 Å². The smallest absolute Gasteiger partial charge is 0.0992 e. The molecule has 1 aliphatic rings. The van der Waals surface area contributed by atoms with Crippen molar-refractivity contribution in [2.75, 3.05) is 5.73 Å². The van der Waals surface area contributed by atoms with E-state index in [4.69, 9.17) is 5.73 Å². The van der Waals surface area contributed by atoms with Gasteiger partial charge in [0.2, 0.25) is 0 Å². The molecule has 82 valence electrons. The molecule has 0 aromatic carbocycles. The van der Waals surface area contributed by atoms with Crippen molar-refractivity contribution < 1.29 is 0 Å². The number of rotatable bonds is 1. The van der Waals surface area contributed by atoms with Crippen molar-refractivity contribution in [1.82, 2.24) is 14.5 Å².